The van der Waals surface area contributed by atoms with Crippen LogP contribution in [0, 0.1) is 6.92 Å². The summed E-state index contributed by atoms with van der Waals surface area (Å²) in [6.07, 6.45) is 2.75. The van der Waals surface area contributed by atoms with Crippen molar-refractivity contribution in [1.29, 1.82) is 0 Å². The summed E-state index contributed by atoms with van der Waals surface area (Å²) < 4.78 is 13.6. The monoisotopic (exact) mass is 548 g/mol. The highest BCUT2D eigenvalue weighted by molar-refractivity contribution is 14.0. The maximum absolute atomic E-state index is 6.19. The van der Waals surface area contributed by atoms with Gasteiger partial charge in [0.15, 0.2) is 11.8 Å². The quantitative estimate of drug-likeness (QED) is 0.268. The number of rotatable bonds is 7. The summed E-state index contributed by atoms with van der Waals surface area (Å²) in [5.41, 5.74) is 3.26. The third-order valence-corrected chi connectivity index (χ3v) is 5.14. The molecule has 2 N–H and O–H groups in total. The number of hydrogen-bond donors (Lipinski definition) is 2. The SMILES string of the molecule is CN=C(NCc1ccc(C)cc1OC1CCOC1)NCc1nncn1-c1ccccc1.I. The Balaban J connectivity index is 0.00000289. The number of nitrogens with zero attached hydrogens (tertiary/aromatic N) is 4. The number of ether oxygens (including phenoxy) is 2. The number of guanidine groups is 1. The summed E-state index contributed by atoms with van der Waals surface area (Å²) in [6, 6.07) is 16.3. The highest BCUT2D eigenvalue weighted by Crippen LogP contribution is 2.23. The molecule has 0 amide bonds. The van der Waals surface area contributed by atoms with Crippen LogP contribution in [0.3, 0.4) is 0 Å². The van der Waals surface area contributed by atoms with Crippen molar-refractivity contribution in [3.63, 3.8) is 0 Å². The minimum Gasteiger partial charge on any atom is -0.488 e. The van der Waals surface area contributed by atoms with Crippen molar-refractivity contribution >= 4 is 29.9 Å². The first-order valence-corrected chi connectivity index (χ1v) is 10.5. The molecule has 1 aromatic heterocycles. The average Bonchev–Trinajstić information content (AvgIpc) is 3.48. The Morgan fingerprint density at radius 2 is 2.00 bits per heavy atom. The van der Waals surface area contributed by atoms with Crippen molar-refractivity contribution in [2.24, 2.45) is 4.99 Å². The first-order chi connectivity index (χ1) is 15.2. The lowest BCUT2D eigenvalue weighted by atomic mass is 10.1. The van der Waals surface area contributed by atoms with E-state index in [1.54, 1.807) is 13.4 Å². The molecule has 8 nitrogen and oxygen atoms in total. The highest BCUT2D eigenvalue weighted by atomic mass is 127. The van der Waals surface area contributed by atoms with E-state index in [1.807, 2.05) is 34.9 Å². The van der Waals surface area contributed by atoms with Crippen LogP contribution in [0.1, 0.15) is 23.4 Å². The molecule has 1 aliphatic rings. The number of nitrogens with one attached hydrogen (secondary N) is 2. The van der Waals surface area contributed by atoms with Gasteiger partial charge in [-0.2, -0.15) is 0 Å². The van der Waals surface area contributed by atoms with Crippen LogP contribution in [0.5, 0.6) is 5.75 Å². The van der Waals surface area contributed by atoms with Crippen molar-refractivity contribution in [3.05, 3.63) is 71.8 Å². The summed E-state index contributed by atoms with van der Waals surface area (Å²) in [5.74, 6) is 2.37. The van der Waals surface area contributed by atoms with Crippen molar-refractivity contribution in [3.8, 4) is 11.4 Å². The summed E-state index contributed by atoms with van der Waals surface area (Å²) in [6.45, 7) is 4.55. The molecule has 4 rings (SSSR count). The number of para-hydroxylation sites is 1. The third-order valence-electron chi connectivity index (χ3n) is 5.14. The molecule has 32 heavy (non-hydrogen) atoms. The minimum atomic E-state index is 0. The fourth-order valence-electron chi connectivity index (χ4n) is 3.45. The van der Waals surface area contributed by atoms with Gasteiger partial charge in [0.1, 0.15) is 18.2 Å². The van der Waals surface area contributed by atoms with Gasteiger partial charge in [-0.25, -0.2) is 0 Å². The van der Waals surface area contributed by atoms with Gasteiger partial charge >= 0.3 is 0 Å². The number of hydrogen-bond acceptors (Lipinski definition) is 5. The van der Waals surface area contributed by atoms with Gasteiger partial charge in [0, 0.05) is 31.3 Å². The molecule has 0 aliphatic carbocycles. The maximum atomic E-state index is 6.19. The second kappa shape index (κ2) is 11.8. The Hall–Kier alpha value is -2.66. The second-order valence-corrected chi connectivity index (χ2v) is 7.45. The second-order valence-electron chi connectivity index (χ2n) is 7.45. The Morgan fingerprint density at radius 3 is 2.75 bits per heavy atom. The van der Waals surface area contributed by atoms with Crippen LogP contribution in [-0.4, -0.2) is 47.1 Å². The largest absolute Gasteiger partial charge is 0.488 e. The van der Waals surface area contributed by atoms with Gasteiger partial charge in [-0.05, 0) is 30.7 Å². The zero-order valence-corrected chi connectivity index (χ0v) is 20.7. The number of halogens is 1. The van der Waals surface area contributed by atoms with E-state index in [-0.39, 0.29) is 30.1 Å². The highest BCUT2D eigenvalue weighted by Gasteiger charge is 2.19. The molecule has 0 saturated carbocycles. The number of benzene rings is 2. The summed E-state index contributed by atoms with van der Waals surface area (Å²) >= 11 is 0. The smallest absolute Gasteiger partial charge is 0.191 e. The van der Waals surface area contributed by atoms with Crippen molar-refractivity contribution in [1.82, 2.24) is 25.4 Å². The lowest BCUT2D eigenvalue weighted by Gasteiger charge is -2.18. The molecule has 170 valence electrons. The lowest BCUT2D eigenvalue weighted by molar-refractivity contribution is 0.140. The number of aryl methyl sites for hydroxylation is 1. The maximum Gasteiger partial charge on any atom is 0.191 e. The molecule has 1 saturated heterocycles. The van der Waals surface area contributed by atoms with Crippen LogP contribution >= 0.6 is 24.0 Å². The summed E-state index contributed by atoms with van der Waals surface area (Å²) in [5, 5.41) is 15.0. The summed E-state index contributed by atoms with van der Waals surface area (Å²) in [4.78, 5) is 4.33. The molecule has 2 aromatic carbocycles. The van der Waals surface area contributed by atoms with E-state index in [1.165, 1.54) is 5.56 Å². The van der Waals surface area contributed by atoms with E-state index in [0.717, 1.165) is 35.9 Å². The van der Waals surface area contributed by atoms with Crippen LogP contribution in [-0.2, 0) is 17.8 Å². The standard InChI is InChI=1S/C23H28N6O2.HI/c1-17-8-9-18(21(12-17)31-20-10-11-30-15-20)13-25-23(24-2)26-14-22-28-27-16-29(22)19-6-4-3-5-7-19;/h3-9,12,16,20H,10-11,13-15H2,1-2H3,(H2,24,25,26);1H. The van der Waals surface area contributed by atoms with E-state index in [2.05, 4.69) is 50.9 Å². The molecule has 3 aromatic rings. The normalized spacial score (nSPS) is 15.8. The van der Waals surface area contributed by atoms with Crippen LogP contribution in [0.2, 0.25) is 0 Å². The van der Waals surface area contributed by atoms with Crippen molar-refractivity contribution in [2.45, 2.75) is 32.5 Å². The van der Waals surface area contributed by atoms with Gasteiger partial charge in [0.2, 0.25) is 0 Å². The lowest BCUT2D eigenvalue weighted by Crippen LogP contribution is -2.37. The molecule has 1 aliphatic heterocycles. The van der Waals surface area contributed by atoms with E-state index >= 15 is 0 Å². The van der Waals surface area contributed by atoms with Gasteiger partial charge in [-0.15, -0.1) is 34.2 Å². The van der Waals surface area contributed by atoms with Crippen molar-refractivity contribution in [2.75, 3.05) is 20.3 Å². The molecular formula is C23H29IN6O2. The van der Waals surface area contributed by atoms with E-state index in [0.29, 0.717) is 25.7 Å². The fourth-order valence-corrected chi connectivity index (χ4v) is 3.45. The minimum absolute atomic E-state index is 0. The molecule has 9 heteroatoms. The van der Waals surface area contributed by atoms with Crippen LogP contribution < -0.4 is 15.4 Å². The predicted octanol–water partition coefficient (Wildman–Crippen LogP) is 3.23. The van der Waals surface area contributed by atoms with Gasteiger partial charge in [0.25, 0.3) is 0 Å². The molecule has 2 heterocycles. The molecule has 1 atom stereocenters. The van der Waals surface area contributed by atoms with E-state index < -0.39 is 0 Å². The van der Waals surface area contributed by atoms with Crippen LogP contribution in [0.25, 0.3) is 5.69 Å². The van der Waals surface area contributed by atoms with Crippen molar-refractivity contribution < 1.29 is 9.47 Å². The van der Waals surface area contributed by atoms with E-state index in [9.17, 15) is 0 Å². The van der Waals surface area contributed by atoms with Gasteiger partial charge in [-0.3, -0.25) is 9.56 Å². The van der Waals surface area contributed by atoms with E-state index in [4.69, 9.17) is 9.47 Å². The van der Waals surface area contributed by atoms with Crippen LogP contribution in [0.4, 0.5) is 0 Å². The number of aromatic nitrogens is 3. The van der Waals surface area contributed by atoms with Crippen LogP contribution in [0.15, 0.2) is 59.9 Å². The van der Waals surface area contributed by atoms with Gasteiger partial charge in [0.05, 0.1) is 19.8 Å². The fraction of sp³-hybridized carbons (Fsp3) is 0.348. The zero-order valence-electron chi connectivity index (χ0n) is 18.3. The molecular weight excluding hydrogens is 519 g/mol. The number of aliphatic imine (C=N–C) groups is 1. The third kappa shape index (κ3) is 6.19. The Morgan fingerprint density at radius 1 is 1.19 bits per heavy atom. The van der Waals surface area contributed by atoms with Gasteiger partial charge in [-0.1, -0.05) is 30.3 Å². The molecule has 0 radical (unpaired) electrons. The predicted molar refractivity (Wildman–Crippen MR) is 135 cm³/mol. The molecule has 1 unspecified atom stereocenters. The molecule has 0 spiro atoms. The average molecular weight is 548 g/mol. The first kappa shape index (κ1) is 24.0. The van der Waals surface area contributed by atoms with Gasteiger partial charge < -0.3 is 20.1 Å². The Labute approximate surface area is 205 Å². The Bertz CT molecular complexity index is 1020. The Kier molecular flexibility index (Phi) is 8.86. The molecule has 1 fully saturated rings. The first-order valence-electron chi connectivity index (χ1n) is 10.5. The topological polar surface area (TPSA) is 85.6 Å². The molecule has 0 bridgehead atoms. The zero-order chi connectivity index (χ0) is 21.5. The summed E-state index contributed by atoms with van der Waals surface area (Å²) in [7, 11) is 1.75.